The Balaban J connectivity index is 1.21. The molecular formula is C32H36N6O3S. The second kappa shape index (κ2) is 11.3. The number of anilines is 3. The van der Waals surface area contributed by atoms with Gasteiger partial charge in [0.25, 0.3) is 0 Å². The normalized spacial score (nSPS) is 20.9. The van der Waals surface area contributed by atoms with Gasteiger partial charge in [-0.2, -0.15) is 0 Å². The Hall–Kier alpha value is -3.57. The first kappa shape index (κ1) is 27.3. The molecule has 4 heterocycles. The molecule has 2 atom stereocenters. The lowest BCUT2D eigenvalue weighted by Gasteiger charge is -2.28. The van der Waals surface area contributed by atoms with Crippen molar-refractivity contribution in [2.75, 3.05) is 43.0 Å². The fourth-order valence-corrected chi connectivity index (χ4v) is 7.88. The first-order valence-corrected chi connectivity index (χ1v) is 16.4. The summed E-state index contributed by atoms with van der Waals surface area (Å²) in [4.78, 5) is 12.3. The monoisotopic (exact) mass is 584 g/mol. The van der Waals surface area contributed by atoms with E-state index in [-0.39, 0.29) is 17.5 Å². The van der Waals surface area contributed by atoms with Gasteiger partial charge in [0.15, 0.2) is 5.44 Å². The van der Waals surface area contributed by atoms with E-state index in [2.05, 4.69) is 38.7 Å². The summed E-state index contributed by atoms with van der Waals surface area (Å²) in [5.74, 6) is 0.632. The predicted molar refractivity (Wildman–Crippen MR) is 166 cm³/mol. The van der Waals surface area contributed by atoms with Gasteiger partial charge in [0, 0.05) is 55.2 Å². The number of pyridine rings is 2. The number of nitrogens with zero attached hydrogens (tertiary/aromatic N) is 3. The number of nitrogens with two attached hydrogens (primary N) is 1. The van der Waals surface area contributed by atoms with E-state index in [4.69, 9.17) is 15.5 Å². The fraction of sp³-hybridized carbons (Fsp3) is 0.375. The lowest BCUT2D eigenvalue weighted by Crippen LogP contribution is -2.43. The van der Waals surface area contributed by atoms with E-state index in [1.165, 1.54) is 35.2 Å². The van der Waals surface area contributed by atoms with E-state index < -0.39 is 15.3 Å². The quantitative estimate of drug-likeness (QED) is 0.306. The van der Waals surface area contributed by atoms with Crippen molar-refractivity contribution in [3.05, 3.63) is 72.1 Å². The molecule has 3 aliphatic rings. The Bertz CT molecular complexity index is 1740. The molecule has 2 aliphatic heterocycles. The fourth-order valence-electron chi connectivity index (χ4n) is 6.40. The number of aromatic nitrogens is 2. The zero-order valence-electron chi connectivity index (χ0n) is 23.6. The predicted octanol–water partition coefficient (Wildman–Crippen LogP) is 4.18. The molecule has 0 amide bonds. The van der Waals surface area contributed by atoms with E-state index in [1.54, 1.807) is 24.4 Å². The topological polar surface area (TPSA) is 122 Å². The van der Waals surface area contributed by atoms with Crippen LogP contribution in [0.1, 0.15) is 30.5 Å². The number of sulfone groups is 1. The Labute approximate surface area is 246 Å². The molecule has 42 heavy (non-hydrogen) atoms. The highest BCUT2D eigenvalue weighted by atomic mass is 32.2. The van der Waals surface area contributed by atoms with Crippen LogP contribution >= 0.6 is 0 Å². The van der Waals surface area contributed by atoms with Gasteiger partial charge in [0.05, 0.1) is 22.7 Å². The Morgan fingerprint density at radius 1 is 1.05 bits per heavy atom. The van der Waals surface area contributed by atoms with Crippen LogP contribution in [0.5, 0.6) is 0 Å². The molecule has 10 heteroatoms. The molecule has 2 fully saturated rings. The van der Waals surface area contributed by atoms with Crippen LogP contribution in [0.4, 0.5) is 17.2 Å². The third-order valence-corrected chi connectivity index (χ3v) is 10.4. The lowest BCUT2D eigenvalue weighted by atomic mass is 9.91. The summed E-state index contributed by atoms with van der Waals surface area (Å²) in [7, 11) is -3.63. The second-order valence-corrected chi connectivity index (χ2v) is 13.5. The third-order valence-electron chi connectivity index (χ3n) is 8.54. The summed E-state index contributed by atoms with van der Waals surface area (Å²) in [5.41, 5.74) is 13.2. The maximum absolute atomic E-state index is 13.1. The van der Waals surface area contributed by atoms with E-state index in [1.807, 2.05) is 18.2 Å². The number of morpholine rings is 1. The summed E-state index contributed by atoms with van der Waals surface area (Å²) in [5, 5.41) is 7.57. The molecule has 1 unspecified atom stereocenters. The first-order valence-electron chi connectivity index (χ1n) is 14.8. The number of benzene rings is 2. The second-order valence-electron chi connectivity index (χ2n) is 11.5. The van der Waals surface area contributed by atoms with Gasteiger partial charge in [-0.05, 0) is 91.3 Å². The third kappa shape index (κ3) is 5.24. The zero-order chi connectivity index (χ0) is 28.7. The van der Waals surface area contributed by atoms with Gasteiger partial charge in [-0.1, -0.05) is 12.1 Å². The average molecular weight is 585 g/mol. The molecule has 0 bridgehead atoms. The standard InChI is InChI=1S/C32H36N6O3S/c33-23-11-14-38(20-23)32-26-6-1-2-7-28(26)37-29-9-8-21(16-27(29)32)22-10-12-35-30(17-22)36-24-4-3-5-25(18-24)42(39,40)31-19-34-13-15-41-31/h3-5,8-10,12,16-18,23,31,34H,1-2,6-7,11,13-15,19-20,33H2,(H,35,36)/t23?,31-/m0/s1. The van der Waals surface area contributed by atoms with Crippen LogP contribution in [0.15, 0.2) is 65.7 Å². The summed E-state index contributed by atoms with van der Waals surface area (Å²) in [6.45, 7) is 3.15. The lowest BCUT2D eigenvalue weighted by molar-refractivity contribution is 0.0785. The molecule has 4 aromatic rings. The number of nitrogens with one attached hydrogen (secondary N) is 2. The summed E-state index contributed by atoms with van der Waals surface area (Å²) in [6.07, 6.45) is 7.26. The largest absolute Gasteiger partial charge is 0.369 e. The Morgan fingerprint density at radius 2 is 1.93 bits per heavy atom. The van der Waals surface area contributed by atoms with Gasteiger partial charge in [0.1, 0.15) is 5.82 Å². The van der Waals surface area contributed by atoms with Crippen molar-refractivity contribution in [3.63, 3.8) is 0 Å². The minimum Gasteiger partial charge on any atom is -0.369 e. The summed E-state index contributed by atoms with van der Waals surface area (Å²) >= 11 is 0. The van der Waals surface area contributed by atoms with Crippen LogP contribution in [-0.4, -0.2) is 62.6 Å². The highest BCUT2D eigenvalue weighted by Gasteiger charge is 2.30. The highest BCUT2D eigenvalue weighted by Crippen LogP contribution is 2.39. The van der Waals surface area contributed by atoms with Gasteiger partial charge < -0.3 is 26.0 Å². The minimum absolute atomic E-state index is 0.199. The van der Waals surface area contributed by atoms with Crippen molar-refractivity contribution in [2.45, 2.75) is 48.5 Å². The van der Waals surface area contributed by atoms with Gasteiger partial charge >= 0.3 is 0 Å². The van der Waals surface area contributed by atoms with Gasteiger partial charge in [0.2, 0.25) is 9.84 Å². The maximum Gasteiger partial charge on any atom is 0.206 e. The van der Waals surface area contributed by atoms with E-state index in [0.29, 0.717) is 24.7 Å². The number of rotatable bonds is 6. The van der Waals surface area contributed by atoms with E-state index in [9.17, 15) is 8.42 Å². The number of aryl methyl sites for hydroxylation is 1. The van der Waals surface area contributed by atoms with Gasteiger partial charge in [-0.15, -0.1) is 0 Å². The minimum atomic E-state index is -3.63. The van der Waals surface area contributed by atoms with Gasteiger partial charge in [-0.3, -0.25) is 4.98 Å². The molecule has 218 valence electrons. The molecular weight excluding hydrogens is 548 g/mol. The molecule has 2 saturated heterocycles. The van der Waals surface area contributed by atoms with Crippen LogP contribution in [0.3, 0.4) is 0 Å². The summed E-state index contributed by atoms with van der Waals surface area (Å²) < 4.78 is 31.8. The molecule has 0 radical (unpaired) electrons. The Kier molecular flexibility index (Phi) is 7.31. The van der Waals surface area contributed by atoms with Crippen molar-refractivity contribution in [1.29, 1.82) is 0 Å². The van der Waals surface area contributed by atoms with Gasteiger partial charge in [-0.25, -0.2) is 13.4 Å². The van der Waals surface area contributed by atoms with Crippen molar-refractivity contribution < 1.29 is 13.2 Å². The van der Waals surface area contributed by atoms with Crippen LogP contribution < -0.4 is 21.3 Å². The average Bonchev–Trinajstić information content (AvgIpc) is 3.45. The maximum atomic E-state index is 13.1. The van der Waals surface area contributed by atoms with Crippen molar-refractivity contribution in [3.8, 4) is 11.1 Å². The van der Waals surface area contributed by atoms with Crippen LogP contribution in [0.2, 0.25) is 0 Å². The van der Waals surface area contributed by atoms with Crippen molar-refractivity contribution in [1.82, 2.24) is 15.3 Å². The van der Waals surface area contributed by atoms with E-state index in [0.717, 1.165) is 49.0 Å². The number of ether oxygens (including phenoxy) is 1. The highest BCUT2D eigenvalue weighted by molar-refractivity contribution is 7.92. The Morgan fingerprint density at radius 3 is 2.76 bits per heavy atom. The van der Waals surface area contributed by atoms with Crippen LogP contribution in [0.25, 0.3) is 22.0 Å². The summed E-state index contributed by atoms with van der Waals surface area (Å²) in [6, 6.07) is 17.5. The van der Waals surface area contributed by atoms with Crippen LogP contribution in [-0.2, 0) is 27.4 Å². The van der Waals surface area contributed by atoms with E-state index >= 15 is 0 Å². The number of fused-ring (bicyclic) bond motifs is 2. The SMILES string of the molecule is NC1CCN(c2c3c(nc4ccc(-c5ccnc(Nc6cccc(S(=O)(=O)[C@H]7CNCCO7)c6)c5)cc24)CCCC3)C1. The molecule has 0 saturated carbocycles. The molecule has 2 aromatic heterocycles. The van der Waals surface area contributed by atoms with Crippen molar-refractivity contribution in [2.24, 2.45) is 5.73 Å². The molecule has 7 rings (SSSR count). The molecule has 4 N–H and O–H groups in total. The van der Waals surface area contributed by atoms with Crippen LogP contribution in [0, 0.1) is 0 Å². The first-order chi connectivity index (χ1) is 20.5. The molecule has 1 aliphatic carbocycles. The zero-order valence-corrected chi connectivity index (χ0v) is 24.4. The number of hydrogen-bond acceptors (Lipinski definition) is 9. The van der Waals surface area contributed by atoms with Crippen molar-refractivity contribution >= 4 is 37.9 Å². The molecule has 0 spiro atoms. The molecule has 9 nitrogen and oxygen atoms in total. The number of hydrogen-bond donors (Lipinski definition) is 3. The smallest absolute Gasteiger partial charge is 0.206 e. The molecule has 2 aromatic carbocycles.